The number of rotatable bonds is 0. The molecule has 0 unspecified atom stereocenters. The summed E-state index contributed by atoms with van der Waals surface area (Å²) in [6.07, 6.45) is 1.72. The number of nitrogens with zero attached hydrogens (tertiary/aromatic N) is 1. The highest BCUT2D eigenvalue weighted by atomic mass is 32.1. The molecule has 0 saturated carbocycles. The van der Waals surface area contributed by atoms with Crippen molar-refractivity contribution >= 4 is 31.6 Å². The molecule has 3 rings (SSSR count). The maximum absolute atomic E-state index is 12.2. The molecular formula is C13H9NOS. The van der Waals surface area contributed by atoms with Gasteiger partial charge in [0.25, 0.3) is 0 Å². The van der Waals surface area contributed by atoms with E-state index >= 15 is 0 Å². The first-order valence-corrected chi connectivity index (χ1v) is 5.86. The topological polar surface area (TPSA) is 30.0 Å². The van der Waals surface area contributed by atoms with E-state index in [0.717, 1.165) is 20.5 Å². The summed E-state index contributed by atoms with van der Waals surface area (Å²) in [5.74, 6) is 0. The molecule has 0 aliphatic carbocycles. The molecule has 16 heavy (non-hydrogen) atoms. The zero-order chi connectivity index (χ0) is 11.1. The van der Waals surface area contributed by atoms with Crippen LogP contribution in [0, 0.1) is 6.92 Å². The number of fused-ring (bicyclic) bond motifs is 2. The monoisotopic (exact) mass is 227 g/mol. The standard InChI is InChI=1S/C13H9NOS/c1-8-4-2-5-9-11(15)10-6-3-7-14-13(10)16-12(8)9/h2-7H,1H3. The van der Waals surface area contributed by atoms with Crippen molar-refractivity contribution in [2.75, 3.05) is 0 Å². The minimum atomic E-state index is 0.0838. The molecule has 0 radical (unpaired) electrons. The van der Waals surface area contributed by atoms with Gasteiger partial charge in [-0.15, -0.1) is 11.3 Å². The summed E-state index contributed by atoms with van der Waals surface area (Å²) in [5, 5.41) is 1.51. The van der Waals surface area contributed by atoms with Crippen molar-refractivity contribution in [1.82, 2.24) is 4.98 Å². The van der Waals surface area contributed by atoms with Gasteiger partial charge >= 0.3 is 0 Å². The van der Waals surface area contributed by atoms with Gasteiger partial charge in [0.15, 0.2) is 5.43 Å². The van der Waals surface area contributed by atoms with Crippen molar-refractivity contribution in [2.24, 2.45) is 0 Å². The van der Waals surface area contributed by atoms with E-state index in [1.54, 1.807) is 23.6 Å². The number of aryl methyl sites for hydroxylation is 1. The van der Waals surface area contributed by atoms with E-state index in [2.05, 4.69) is 4.98 Å². The van der Waals surface area contributed by atoms with Crippen LogP contribution in [0.4, 0.5) is 0 Å². The van der Waals surface area contributed by atoms with Gasteiger partial charge in [0.2, 0.25) is 0 Å². The van der Waals surface area contributed by atoms with Crippen LogP contribution in [-0.4, -0.2) is 4.98 Å². The number of hydrogen-bond acceptors (Lipinski definition) is 3. The lowest BCUT2D eigenvalue weighted by molar-refractivity contribution is 1.44. The van der Waals surface area contributed by atoms with Crippen molar-refractivity contribution in [3.05, 3.63) is 52.3 Å². The predicted molar refractivity (Wildman–Crippen MR) is 68.1 cm³/mol. The van der Waals surface area contributed by atoms with Crippen LogP contribution in [-0.2, 0) is 0 Å². The second-order valence-electron chi connectivity index (χ2n) is 3.74. The van der Waals surface area contributed by atoms with Crippen molar-refractivity contribution in [2.45, 2.75) is 6.92 Å². The first kappa shape index (κ1) is 9.48. The van der Waals surface area contributed by atoms with E-state index in [1.807, 2.05) is 31.2 Å². The minimum absolute atomic E-state index is 0.0838. The minimum Gasteiger partial charge on any atom is -0.288 e. The van der Waals surface area contributed by atoms with E-state index in [1.165, 1.54) is 0 Å². The molecule has 1 aromatic carbocycles. The Bertz CT molecular complexity index is 746. The van der Waals surface area contributed by atoms with Gasteiger partial charge in [-0.25, -0.2) is 4.98 Å². The third kappa shape index (κ3) is 1.25. The lowest BCUT2D eigenvalue weighted by atomic mass is 10.1. The first-order chi connectivity index (χ1) is 7.77. The summed E-state index contributed by atoms with van der Waals surface area (Å²) < 4.78 is 1.04. The average molecular weight is 227 g/mol. The van der Waals surface area contributed by atoms with Crippen LogP contribution in [0.25, 0.3) is 20.3 Å². The van der Waals surface area contributed by atoms with E-state index in [4.69, 9.17) is 0 Å². The molecule has 78 valence electrons. The Balaban J connectivity index is 2.67. The molecule has 2 heterocycles. The summed E-state index contributed by atoms with van der Waals surface area (Å²) in [6, 6.07) is 9.47. The third-order valence-electron chi connectivity index (χ3n) is 2.67. The number of benzene rings is 1. The Labute approximate surface area is 96.2 Å². The van der Waals surface area contributed by atoms with Gasteiger partial charge in [0.05, 0.1) is 5.39 Å². The Morgan fingerprint density at radius 3 is 2.81 bits per heavy atom. The zero-order valence-corrected chi connectivity index (χ0v) is 9.54. The van der Waals surface area contributed by atoms with Crippen molar-refractivity contribution in [1.29, 1.82) is 0 Å². The van der Waals surface area contributed by atoms with Crippen molar-refractivity contribution in [3.63, 3.8) is 0 Å². The second kappa shape index (κ2) is 3.39. The fourth-order valence-electron chi connectivity index (χ4n) is 1.85. The van der Waals surface area contributed by atoms with Crippen LogP contribution in [0.15, 0.2) is 41.3 Å². The molecule has 0 saturated heterocycles. The summed E-state index contributed by atoms with van der Waals surface area (Å²) >= 11 is 1.58. The van der Waals surface area contributed by atoms with Gasteiger partial charge in [-0.05, 0) is 30.7 Å². The fourth-order valence-corrected chi connectivity index (χ4v) is 2.93. The summed E-state index contributed by atoms with van der Waals surface area (Å²) in [5.41, 5.74) is 1.22. The molecule has 3 heteroatoms. The van der Waals surface area contributed by atoms with Gasteiger partial charge in [0, 0.05) is 16.3 Å². The van der Waals surface area contributed by atoms with Crippen LogP contribution < -0.4 is 5.43 Å². The van der Waals surface area contributed by atoms with Crippen molar-refractivity contribution < 1.29 is 0 Å². The average Bonchev–Trinajstić information content (AvgIpc) is 2.31. The largest absolute Gasteiger partial charge is 0.288 e. The number of hydrogen-bond donors (Lipinski definition) is 0. The van der Waals surface area contributed by atoms with E-state index in [0.29, 0.717) is 5.39 Å². The normalized spacial score (nSPS) is 11.1. The Hall–Kier alpha value is -1.74. The molecule has 0 aliphatic rings. The number of aromatic nitrogens is 1. The zero-order valence-electron chi connectivity index (χ0n) is 8.73. The Morgan fingerprint density at radius 1 is 1.12 bits per heavy atom. The number of pyridine rings is 1. The van der Waals surface area contributed by atoms with Crippen LogP contribution >= 0.6 is 11.3 Å². The molecule has 0 spiro atoms. The Morgan fingerprint density at radius 2 is 1.94 bits per heavy atom. The molecule has 2 aromatic heterocycles. The molecule has 0 bridgehead atoms. The first-order valence-electron chi connectivity index (χ1n) is 5.04. The van der Waals surface area contributed by atoms with Crippen LogP contribution in [0.2, 0.25) is 0 Å². The fraction of sp³-hybridized carbons (Fsp3) is 0.0769. The van der Waals surface area contributed by atoms with E-state index < -0.39 is 0 Å². The maximum Gasteiger partial charge on any atom is 0.197 e. The maximum atomic E-state index is 12.2. The van der Waals surface area contributed by atoms with E-state index in [9.17, 15) is 4.79 Å². The second-order valence-corrected chi connectivity index (χ2v) is 4.74. The highest BCUT2D eigenvalue weighted by Crippen LogP contribution is 2.25. The predicted octanol–water partition coefficient (Wildman–Crippen LogP) is 3.12. The molecule has 0 amide bonds. The van der Waals surface area contributed by atoms with Crippen LogP contribution in [0.5, 0.6) is 0 Å². The highest BCUT2D eigenvalue weighted by Gasteiger charge is 2.07. The van der Waals surface area contributed by atoms with Gasteiger partial charge < -0.3 is 0 Å². The molecular weight excluding hydrogens is 218 g/mol. The van der Waals surface area contributed by atoms with Gasteiger partial charge in [0.1, 0.15) is 4.83 Å². The quantitative estimate of drug-likeness (QED) is 0.552. The molecule has 0 aliphatic heterocycles. The van der Waals surface area contributed by atoms with Crippen molar-refractivity contribution in [3.8, 4) is 0 Å². The lowest BCUT2D eigenvalue weighted by Crippen LogP contribution is -2.01. The van der Waals surface area contributed by atoms with Gasteiger partial charge in [-0.1, -0.05) is 12.1 Å². The smallest absolute Gasteiger partial charge is 0.197 e. The summed E-state index contributed by atoms with van der Waals surface area (Å²) in [4.78, 5) is 17.3. The Kier molecular flexibility index (Phi) is 2.01. The van der Waals surface area contributed by atoms with E-state index in [-0.39, 0.29) is 5.43 Å². The lowest BCUT2D eigenvalue weighted by Gasteiger charge is -2.01. The summed E-state index contributed by atoms with van der Waals surface area (Å²) in [6.45, 7) is 2.02. The van der Waals surface area contributed by atoms with Crippen LogP contribution in [0.1, 0.15) is 5.56 Å². The molecule has 0 atom stereocenters. The third-order valence-corrected chi connectivity index (χ3v) is 3.94. The molecule has 2 nitrogen and oxygen atoms in total. The van der Waals surface area contributed by atoms with Gasteiger partial charge in [-0.3, -0.25) is 4.79 Å². The SMILES string of the molecule is Cc1cccc2c(=O)c3cccnc3sc12. The molecule has 0 N–H and O–H groups in total. The van der Waals surface area contributed by atoms with Gasteiger partial charge in [-0.2, -0.15) is 0 Å². The molecule has 3 aromatic rings. The van der Waals surface area contributed by atoms with Crippen LogP contribution in [0.3, 0.4) is 0 Å². The summed E-state index contributed by atoms with van der Waals surface area (Å²) in [7, 11) is 0. The highest BCUT2D eigenvalue weighted by molar-refractivity contribution is 7.24. The molecule has 0 fully saturated rings.